The zero-order chi connectivity index (χ0) is 27.1. The topological polar surface area (TPSA) is 84.5 Å². The molecule has 0 N–H and O–H groups in total. The van der Waals surface area contributed by atoms with Crippen molar-refractivity contribution in [1.82, 2.24) is 0 Å². The van der Waals surface area contributed by atoms with E-state index in [1.807, 2.05) is 30.3 Å². The van der Waals surface area contributed by atoms with Gasteiger partial charge >= 0.3 is 0 Å². The maximum atomic E-state index is 9.70. The van der Waals surface area contributed by atoms with Gasteiger partial charge in [-0.3, -0.25) is 9.69 Å². The monoisotopic (exact) mass is 582 g/mol. The molecule has 0 heterocycles. The third kappa shape index (κ3) is 6.45. The van der Waals surface area contributed by atoms with Gasteiger partial charge in [0.15, 0.2) is 11.4 Å². The molecule has 2 atom stereocenters. The van der Waals surface area contributed by atoms with E-state index in [0.29, 0.717) is 32.3 Å². The summed E-state index contributed by atoms with van der Waals surface area (Å²) in [5.41, 5.74) is 3.29. The number of nitriles is 2. The quantitative estimate of drug-likeness (QED) is 0.124. The third-order valence-corrected chi connectivity index (χ3v) is 6.48. The minimum atomic E-state index is -0.703. The van der Waals surface area contributed by atoms with Crippen LogP contribution in [0.25, 0.3) is 20.3 Å². The summed E-state index contributed by atoms with van der Waals surface area (Å²) in [6, 6.07) is 27.1. The molecule has 0 amide bonds. The van der Waals surface area contributed by atoms with Gasteiger partial charge in [0, 0.05) is 16.5 Å². The molecule has 4 rings (SSSR count). The van der Waals surface area contributed by atoms with Crippen LogP contribution < -0.4 is 0 Å². The molecule has 0 aliphatic heterocycles. The summed E-state index contributed by atoms with van der Waals surface area (Å²) >= 11 is 11.1. The number of nitrogens with zero attached hydrogens (tertiary/aromatic N) is 6. The molecular formula is C30H16N6NiS2-4. The summed E-state index contributed by atoms with van der Waals surface area (Å²) in [5, 5.41) is 29.1. The van der Waals surface area contributed by atoms with E-state index in [-0.39, 0.29) is 39.0 Å². The third-order valence-electron chi connectivity index (χ3n) is 5.79. The van der Waals surface area contributed by atoms with E-state index in [1.165, 1.54) is 0 Å². The summed E-state index contributed by atoms with van der Waals surface area (Å²) in [5.74, 6) is 0. The van der Waals surface area contributed by atoms with Crippen LogP contribution in [0, 0.1) is 35.8 Å². The van der Waals surface area contributed by atoms with E-state index in [9.17, 15) is 10.5 Å². The number of hydrogen-bond donors (Lipinski definition) is 0. The van der Waals surface area contributed by atoms with Gasteiger partial charge in [-0.2, -0.15) is 31.7 Å². The van der Waals surface area contributed by atoms with Crippen molar-refractivity contribution in [2.75, 3.05) is 0 Å². The van der Waals surface area contributed by atoms with Gasteiger partial charge in [-0.05, 0) is 12.1 Å². The molecule has 0 saturated carbocycles. The fourth-order valence-electron chi connectivity index (χ4n) is 3.93. The molecule has 39 heavy (non-hydrogen) atoms. The van der Waals surface area contributed by atoms with E-state index in [0.717, 1.165) is 0 Å². The summed E-state index contributed by atoms with van der Waals surface area (Å²) in [6.07, 6.45) is 0. The Morgan fingerprint density at radius 3 is 1.62 bits per heavy atom. The van der Waals surface area contributed by atoms with Gasteiger partial charge in [0.05, 0.1) is 24.3 Å². The number of benzene rings is 4. The van der Waals surface area contributed by atoms with Crippen LogP contribution in [0.4, 0.5) is 22.7 Å². The molecule has 0 aliphatic rings. The van der Waals surface area contributed by atoms with Gasteiger partial charge in [0.2, 0.25) is 0 Å². The Bertz CT molecular complexity index is 1550. The Balaban J connectivity index is 0.00000420. The molecular weight excluding hydrogens is 567 g/mol. The first kappa shape index (κ1) is 28.9. The van der Waals surface area contributed by atoms with E-state index in [2.05, 4.69) is 15.8 Å². The normalized spacial score (nSPS) is 11.3. The predicted molar refractivity (Wildman–Crippen MR) is 151 cm³/mol. The maximum absolute atomic E-state index is 9.70. The molecule has 0 aromatic heterocycles. The maximum Gasteiger partial charge on any atom is 0.194 e. The molecule has 2 unspecified atom stereocenters. The van der Waals surface area contributed by atoms with Gasteiger partial charge in [-0.15, -0.1) is 12.1 Å². The van der Waals surface area contributed by atoms with E-state index in [4.69, 9.17) is 49.0 Å². The van der Waals surface area contributed by atoms with E-state index in [1.54, 1.807) is 60.7 Å². The molecule has 0 fully saturated rings. The summed E-state index contributed by atoms with van der Waals surface area (Å²) in [7, 11) is 0. The van der Waals surface area contributed by atoms with Crippen molar-refractivity contribution < 1.29 is 16.5 Å². The molecule has 0 bridgehead atoms. The summed E-state index contributed by atoms with van der Waals surface area (Å²) < 4.78 is 0. The second kappa shape index (κ2) is 13.3. The van der Waals surface area contributed by atoms with Crippen molar-refractivity contribution in [3.05, 3.63) is 141 Å². The van der Waals surface area contributed by atoms with Gasteiger partial charge in [-0.1, -0.05) is 83.9 Å². The second-order valence-electron chi connectivity index (χ2n) is 8.08. The SMILES string of the molecule is [C-]#[N+]c1ccc(C([N-]c2ccccc2[S-])C([N-]c2ccccc2[S-])c2ccc(C#N)c(C#N)c2)cc1[N+]#[C-].[Ni]. The molecule has 9 heteroatoms. The number of para-hydroxylation sites is 2. The van der Waals surface area contributed by atoms with Crippen molar-refractivity contribution in [3.8, 4) is 12.1 Å². The van der Waals surface area contributed by atoms with Crippen molar-refractivity contribution >= 4 is 48.0 Å². The Kier molecular flexibility index (Phi) is 9.83. The van der Waals surface area contributed by atoms with Crippen LogP contribution in [-0.2, 0) is 41.7 Å². The predicted octanol–water partition coefficient (Wildman–Crippen LogP) is 8.53. The van der Waals surface area contributed by atoms with Crippen molar-refractivity contribution in [3.63, 3.8) is 0 Å². The van der Waals surface area contributed by atoms with E-state index >= 15 is 0 Å². The van der Waals surface area contributed by atoms with Crippen LogP contribution in [0.15, 0.2) is 94.7 Å². The summed E-state index contributed by atoms with van der Waals surface area (Å²) in [4.78, 5) is 8.07. The zero-order valence-corrected chi connectivity index (χ0v) is 22.7. The molecule has 0 saturated heterocycles. The van der Waals surface area contributed by atoms with Crippen LogP contribution >= 0.6 is 0 Å². The average Bonchev–Trinajstić information content (AvgIpc) is 2.96. The first-order valence-corrected chi connectivity index (χ1v) is 12.1. The molecule has 6 nitrogen and oxygen atoms in total. The smallest absolute Gasteiger partial charge is 0.194 e. The minimum absolute atomic E-state index is 0. The van der Waals surface area contributed by atoms with Crippen LogP contribution in [0.5, 0.6) is 0 Å². The van der Waals surface area contributed by atoms with E-state index < -0.39 is 12.1 Å². The first-order valence-electron chi connectivity index (χ1n) is 11.3. The largest absolute Gasteiger partial charge is 0.781 e. The fourth-order valence-corrected chi connectivity index (χ4v) is 4.33. The minimum Gasteiger partial charge on any atom is -0.781 e. The summed E-state index contributed by atoms with van der Waals surface area (Å²) in [6.45, 7) is 15.0. The zero-order valence-electron chi connectivity index (χ0n) is 20.1. The Morgan fingerprint density at radius 2 is 1.13 bits per heavy atom. The molecule has 0 spiro atoms. The first-order chi connectivity index (χ1) is 18.5. The van der Waals surface area contributed by atoms with Crippen LogP contribution in [0.1, 0.15) is 34.3 Å². The number of rotatable bonds is 7. The molecule has 4 aromatic carbocycles. The molecule has 0 aliphatic carbocycles. The molecule has 0 radical (unpaired) electrons. The standard InChI is InChI=1S/C30H18N6S2.Ni/c1-33-23-14-13-20(16-26(23)34-2)30(36-25-8-4-6-10-28(25)38)29(35-24-7-3-5-9-27(24)37)19-11-12-21(17-31)22(15-19)18-32;/h3-16,29-30,37-38H;/q-2;/p-2. The van der Waals surface area contributed by atoms with Crippen LogP contribution in [-0.4, -0.2) is 0 Å². The average molecular weight is 583 g/mol. The van der Waals surface area contributed by atoms with Crippen molar-refractivity contribution in [2.24, 2.45) is 0 Å². The number of hydrogen-bond acceptors (Lipinski definition) is 4. The fraction of sp³-hybridized carbons (Fsp3) is 0.0667. The van der Waals surface area contributed by atoms with Gasteiger partial charge in [0.25, 0.3) is 0 Å². The molecule has 4 aromatic rings. The Labute approximate surface area is 248 Å². The molecule has 192 valence electrons. The Morgan fingerprint density at radius 1 is 0.641 bits per heavy atom. The Hall–Kier alpha value is -4.63. The van der Waals surface area contributed by atoms with Crippen molar-refractivity contribution in [1.29, 1.82) is 10.5 Å². The van der Waals surface area contributed by atoms with Crippen LogP contribution in [0.3, 0.4) is 0 Å². The van der Waals surface area contributed by atoms with Crippen molar-refractivity contribution in [2.45, 2.75) is 21.9 Å². The second-order valence-corrected chi connectivity index (χ2v) is 8.96. The van der Waals surface area contributed by atoms with Gasteiger partial charge in [0.1, 0.15) is 12.1 Å². The van der Waals surface area contributed by atoms with Crippen LogP contribution in [0.2, 0.25) is 0 Å². The van der Waals surface area contributed by atoms with Gasteiger partial charge < -0.3 is 35.9 Å². The van der Waals surface area contributed by atoms with Gasteiger partial charge in [-0.25, -0.2) is 0 Å².